The molecular weight excluding hydrogens is 409 g/mol. The number of piperazine rings is 1. The van der Waals surface area contributed by atoms with Gasteiger partial charge in [-0.3, -0.25) is 9.69 Å². The molecule has 3 aliphatic heterocycles. The second kappa shape index (κ2) is 10.5. The molecule has 1 atom stereocenters. The van der Waals surface area contributed by atoms with Crippen LogP contribution in [0.4, 0.5) is 4.39 Å². The molecule has 0 bridgehead atoms. The molecule has 1 amide bonds. The third kappa shape index (κ3) is 6.00. The van der Waals surface area contributed by atoms with E-state index in [2.05, 4.69) is 23.6 Å². The topological polar surface area (TPSA) is 45.2 Å². The molecule has 0 unspecified atom stereocenters. The molecule has 4 rings (SSSR count). The monoisotopic (exact) mass is 447 g/mol. The largest absolute Gasteiger partial charge is 0.484 e. The molecule has 6 nitrogen and oxygen atoms in total. The number of likely N-dealkylation sites (tertiary alicyclic amines) is 1. The molecule has 3 fully saturated rings. The molecule has 0 N–H and O–H groups in total. The van der Waals surface area contributed by atoms with Crippen LogP contribution in [0.5, 0.6) is 5.75 Å². The summed E-state index contributed by atoms with van der Waals surface area (Å²) in [6.07, 6.45) is 3.96. The second-order valence-electron chi connectivity index (χ2n) is 10.0. The molecule has 1 spiro atoms. The Hall–Kier alpha value is -1.70. The fraction of sp³-hybridized carbons (Fsp3) is 0.720. The van der Waals surface area contributed by atoms with Crippen molar-refractivity contribution in [3.05, 3.63) is 30.1 Å². The Kier molecular flexibility index (Phi) is 7.69. The summed E-state index contributed by atoms with van der Waals surface area (Å²) in [5.74, 6) is 0.910. The van der Waals surface area contributed by atoms with Crippen LogP contribution in [0, 0.1) is 11.7 Å². The number of halogens is 1. The van der Waals surface area contributed by atoms with Crippen molar-refractivity contribution in [3.8, 4) is 5.75 Å². The molecule has 3 saturated heterocycles. The van der Waals surface area contributed by atoms with Crippen LogP contribution >= 0.6 is 0 Å². The normalized spacial score (nSPS) is 24.8. The van der Waals surface area contributed by atoms with E-state index in [1.54, 1.807) is 12.1 Å². The fourth-order valence-electron chi connectivity index (χ4n) is 5.42. The van der Waals surface area contributed by atoms with E-state index >= 15 is 0 Å². The lowest BCUT2D eigenvalue weighted by Crippen LogP contribution is -2.57. The summed E-state index contributed by atoms with van der Waals surface area (Å²) in [5, 5.41) is 0. The van der Waals surface area contributed by atoms with Gasteiger partial charge in [0.25, 0.3) is 5.91 Å². The summed E-state index contributed by atoms with van der Waals surface area (Å²) in [4.78, 5) is 19.8. The van der Waals surface area contributed by atoms with Crippen LogP contribution in [-0.4, -0.2) is 91.3 Å². The predicted octanol–water partition coefficient (Wildman–Crippen LogP) is 3.02. The van der Waals surface area contributed by atoms with Gasteiger partial charge >= 0.3 is 0 Å². The lowest BCUT2D eigenvalue weighted by molar-refractivity contribution is -0.151. The second-order valence-corrected chi connectivity index (χ2v) is 10.0. The number of carbonyl (C=O) groups is 1. The lowest BCUT2D eigenvalue weighted by atomic mass is 9.81. The van der Waals surface area contributed by atoms with Crippen LogP contribution in [0.15, 0.2) is 24.3 Å². The van der Waals surface area contributed by atoms with Crippen LogP contribution in [0.3, 0.4) is 0 Å². The van der Waals surface area contributed by atoms with Crippen LogP contribution in [0.25, 0.3) is 0 Å². The fourth-order valence-corrected chi connectivity index (χ4v) is 5.42. The first kappa shape index (κ1) is 23.5. The van der Waals surface area contributed by atoms with E-state index in [-0.39, 0.29) is 23.9 Å². The molecule has 1 aromatic carbocycles. The third-order valence-corrected chi connectivity index (χ3v) is 7.22. The summed E-state index contributed by atoms with van der Waals surface area (Å²) < 4.78 is 24.9. The summed E-state index contributed by atoms with van der Waals surface area (Å²) in [7, 11) is 0. The molecule has 178 valence electrons. The average molecular weight is 448 g/mol. The molecule has 32 heavy (non-hydrogen) atoms. The number of carbonyl (C=O) groups excluding carboxylic acids is 1. The lowest BCUT2D eigenvalue weighted by Gasteiger charge is -2.49. The van der Waals surface area contributed by atoms with Crippen molar-refractivity contribution >= 4 is 5.91 Å². The van der Waals surface area contributed by atoms with Crippen LogP contribution in [-0.2, 0) is 9.53 Å². The van der Waals surface area contributed by atoms with Crippen molar-refractivity contribution in [2.24, 2.45) is 5.92 Å². The zero-order chi connectivity index (χ0) is 22.6. The van der Waals surface area contributed by atoms with Crippen molar-refractivity contribution in [1.82, 2.24) is 14.7 Å². The van der Waals surface area contributed by atoms with E-state index < -0.39 is 0 Å². The quantitative estimate of drug-likeness (QED) is 0.671. The minimum Gasteiger partial charge on any atom is -0.484 e. The zero-order valence-corrected chi connectivity index (χ0v) is 19.6. The molecule has 0 aliphatic carbocycles. The first-order valence-electron chi connectivity index (χ1n) is 12.2. The molecular formula is C25H38FN3O3. The van der Waals surface area contributed by atoms with Gasteiger partial charge in [-0.1, -0.05) is 13.8 Å². The summed E-state index contributed by atoms with van der Waals surface area (Å²) in [5.41, 5.74) is -0.0907. The predicted molar refractivity (Wildman–Crippen MR) is 122 cm³/mol. The smallest absolute Gasteiger partial charge is 0.260 e. The van der Waals surface area contributed by atoms with E-state index in [0.29, 0.717) is 24.9 Å². The first-order chi connectivity index (χ1) is 15.4. The SMILES string of the molecule is CC(C)CN1CCN([C@H]2CCOC3(CCN(C(=O)COc4ccc(F)cc4)CC3)C2)CC1. The summed E-state index contributed by atoms with van der Waals surface area (Å²) in [6, 6.07) is 6.37. The van der Waals surface area contributed by atoms with Gasteiger partial charge in [-0.25, -0.2) is 4.39 Å². The highest BCUT2D eigenvalue weighted by molar-refractivity contribution is 5.77. The number of ether oxygens (including phenoxy) is 2. The van der Waals surface area contributed by atoms with Crippen LogP contribution in [0.1, 0.15) is 39.5 Å². The third-order valence-electron chi connectivity index (χ3n) is 7.22. The van der Waals surface area contributed by atoms with Crippen molar-refractivity contribution in [2.45, 2.75) is 51.2 Å². The number of piperidine rings is 1. The van der Waals surface area contributed by atoms with Gasteiger partial charge < -0.3 is 19.3 Å². The Labute approximate surface area is 191 Å². The Bertz CT molecular complexity index is 741. The van der Waals surface area contributed by atoms with Crippen molar-refractivity contribution in [2.75, 3.05) is 59.0 Å². The van der Waals surface area contributed by atoms with Gasteiger partial charge in [0.15, 0.2) is 6.61 Å². The minimum absolute atomic E-state index is 0.0111. The Balaban J connectivity index is 1.23. The van der Waals surface area contributed by atoms with Crippen LogP contribution < -0.4 is 4.74 Å². The van der Waals surface area contributed by atoms with Crippen molar-refractivity contribution < 1.29 is 18.7 Å². The number of amides is 1. The number of benzene rings is 1. The van der Waals surface area contributed by atoms with E-state index in [1.165, 1.54) is 31.8 Å². The van der Waals surface area contributed by atoms with Crippen LogP contribution in [0.2, 0.25) is 0 Å². The summed E-state index contributed by atoms with van der Waals surface area (Å²) in [6.45, 7) is 12.6. The molecule has 3 heterocycles. The standard InChI is InChI=1S/C25H38FN3O3/c1-20(2)18-27-12-14-28(15-13-27)22-7-16-32-25(17-22)8-10-29(11-9-25)24(30)19-31-23-5-3-21(26)4-6-23/h3-6,20,22H,7-19H2,1-2H3/t22-/m0/s1. The highest BCUT2D eigenvalue weighted by Crippen LogP contribution is 2.37. The van der Waals surface area contributed by atoms with Gasteiger partial charge in [-0.2, -0.15) is 0 Å². The number of hydrogen-bond donors (Lipinski definition) is 0. The van der Waals surface area contributed by atoms with Gasteiger partial charge in [0.05, 0.1) is 5.60 Å². The molecule has 7 heteroatoms. The average Bonchev–Trinajstić information content (AvgIpc) is 2.79. The highest BCUT2D eigenvalue weighted by Gasteiger charge is 2.42. The van der Waals surface area contributed by atoms with Gasteiger partial charge in [0.2, 0.25) is 0 Å². The van der Waals surface area contributed by atoms with Gasteiger partial charge in [0, 0.05) is 58.5 Å². The van der Waals surface area contributed by atoms with Crippen molar-refractivity contribution in [1.29, 1.82) is 0 Å². The number of nitrogens with zero attached hydrogens (tertiary/aromatic N) is 3. The first-order valence-corrected chi connectivity index (χ1v) is 12.2. The van der Waals surface area contributed by atoms with E-state index in [0.717, 1.165) is 51.3 Å². The van der Waals surface area contributed by atoms with Gasteiger partial charge in [0.1, 0.15) is 11.6 Å². The van der Waals surface area contributed by atoms with Gasteiger partial charge in [-0.15, -0.1) is 0 Å². The summed E-state index contributed by atoms with van der Waals surface area (Å²) >= 11 is 0. The molecule has 0 saturated carbocycles. The molecule has 1 aromatic rings. The van der Waals surface area contributed by atoms with E-state index in [9.17, 15) is 9.18 Å². The highest BCUT2D eigenvalue weighted by atomic mass is 19.1. The number of hydrogen-bond acceptors (Lipinski definition) is 5. The Morgan fingerprint density at radius 1 is 1.12 bits per heavy atom. The number of rotatable bonds is 6. The minimum atomic E-state index is -0.312. The maximum Gasteiger partial charge on any atom is 0.260 e. The van der Waals surface area contributed by atoms with E-state index in [4.69, 9.17) is 9.47 Å². The molecule has 0 aromatic heterocycles. The van der Waals surface area contributed by atoms with Crippen molar-refractivity contribution in [3.63, 3.8) is 0 Å². The van der Waals surface area contributed by atoms with E-state index in [1.807, 2.05) is 4.90 Å². The maximum atomic E-state index is 13.0. The Morgan fingerprint density at radius 3 is 2.47 bits per heavy atom. The molecule has 3 aliphatic rings. The molecule has 0 radical (unpaired) electrons. The van der Waals surface area contributed by atoms with Gasteiger partial charge in [-0.05, 0) is 55.9 Å². The Morgan fingerprint density at radius 2 is 1.81 bits per heavy atom. The zero-order valence-electron chi connectivity index (χ0n) is 19.6. The maximum absolute atomic E-state index is 13.0.